The Kier molecular flexibility index (Phi) is 2.84. The van der Waals surface area contributed by atoms with Crippen molar-refractivity contribution in [2.45, 2.75) is 6.92 Å². The molecule has 0 unspecified atom stereocenters. The molecule has 102 valence electrons. The maximum absolute atomic E-state index is 11.3. The van der Waals surface area contributed by atoms with Crippen LogP contribution in [0.25, 0.3) is 16.9 Å². The van der Waals surface area contributed by atoms with Gasteiger partial charge in [0.05, 0.1) is 21.5 Å². The molecule has 0 aliphatic carbocycles. The number of nitro groups is 1. The molecule has 0 spiro atoms. The largest absolute Gasteiger partial charge is 0.313 e. The molecular formula is C14H9N5O2. The summed E-state index contributed by atoms with van der Waals surface area (Å²) in [7, 11) is 0. The predicted octanol–water partition coefficient (Wildman–Crippen LogP) is 2.51. The molecule has 0 bridgehead atoms. The minimum atomic E-state index is -0.544. The molecule has 0 N–H and O–H groups in total. The highest BCUT2D eigenvalue weighted by molar-refractivity contribution is 5.78. The summed E-state index contributed by atoms with van der Waals surface area (Å²) in [6.07, 6.45) is 1.32. The van der Waals surface area contributed by atoms with Crippen LogP contribution in [0, 0.1) is 28.4 Å². The third-order valence-corrected chi connectivity index (χ3v) is 3.11. The van der Waals surface area contributed by atoms with Crippen molar-refractivity contribution < 1.29 is 4.92 Å². The lowest BCUT2D eigenvalue weighted by molar-refractivity contribution is -0.384. The van der Waals surface area contributed by atoms with Crippen LogP contribution in [0.3, 0.4) is 0 Å². The Morgan fingerprint density at radius 2 is 2.14 bits per heavy atom. The van der Waals surface area contributed by atoms with Gasteiger partial charge in [-0.05, 0) is 19.1 Å². The zero-order chi connectivity index (χ0) is 15.0. The monoisotopic (exact) mass is 279 g/mol. The number of imidazole rings is 1. The molecule has 2 heterocycles. The number of aryl methyl sites for hydroxylation is 1. The molecule has 7 heteroatoms. The average Bonchev–Trinajstić information content (AvgIpc) is 2.82. The van der Waals surface area contributed by atoms with Gasteiger partial charge in [0, 0.05) is 12.3 Å². The van der Waals surface area contributed by atoms with Gasteiger partial charge in [-0.15, -0.1) is 0 Å². The lowest BCUT2D eigenvalue weighted by Crippen LogP contribution is -2.05. The van der Waals surface area contributed by atoms with Gasteiger partial charge in [-0.1, -0.05) is 12.1 Å². The van der Waals surface area contributed by atoms with E-state index in [9.17, 15) is 10.1 Å². The minimum absolute atomic E-state index is 0.146. The first-order valence-corrected chi connectivity index (χ1v) is 6.11. The van der Waals surface area contributed by atoms with Gasteiger partial charge >= 0.3 is 5.69 Å². The van der Waals surface area contributed by atoms with Crippen LogP contribution in [0.15, 0.2) is 36.5 Å². The normalized spacial score (nSPS) is 10.5. The topological polar surface area (TPSA) is 97.6 Å². The summed E-state index contributed by atoms with van der Waals surface area (Å²) in [5.41, 5.74) is 1.39. The molecule has 1 aromatic carbocycles. The Bertz CT molecular complexity index is 907. The second-order valence-electron chi connectivity index (χ2n) is 4.42. The molecule has 0 amide bonds. The third kappa shape index (κ3) is 1.99. The maximum atomic E-state index is 11.3. The predicted molar refractivity (Wildman–Crippen MR) is 75.0 cm³/mol. The molecule has 21 heavy (non-hydrogen) atoms. The van der Waals surface area contributed by atoms with Gasteiger partial charge in [-0.2, -0.15) is 5.26 Å². The van der Waals surface area contributed by atoms with Gasteiger partial charge in [-0.25, -0.2) is 9.97 Å². The molecule has 0 aliphatic rings. The SMILES string of the molecule is Cc1nc2ccccc2n1-c1ncc(C#N)cc1[N+](=O)[O-]. The number of benzene rings is 1. The van der Waals surface area contributed by atoms with Gasteiger partial charge in [0.15, 0.2) is 0 Å². The zero-order valence-electron chi connectivity index (χ0n) is 11.0. The van der Waals surface area contributed by atoms with E-state index in [1.54, 1.807) is 11.5 Å². The van der Waals surface area contributed by atoms with Crippen LogP contribution in [0.1, 0.15) is 11.4 Å². The Hall–Kier alpha value is -3.27. The van der Waals surface area contributed by atoms with Crippen LogP contribution in [-0.2, 0) is 0 Å². The van der Waals surface area contributed by atoms with Crippen LogP contribution in [-0.4, -0.2) is 19.5 Å². The number of nitriles is 1. The van der Waals surface area contributed by atoms with Gasteiger partial charge < -0.3 is 0 Å². The number of hydrogen-bond acceptors (Lipinski definition) is 5. The number of fused-ring (bicyclic) bond motifs is 1. The van der Waals surface area contributed by atoms with Gasteiger partial charge in [-0.3, -0.25) is 14.7 Å². The summed E-state index contributed by atoms with van der Waals surface area (Å²) in [4.78, 5) is 19.2. The van der Waals surface area contributed by atoms with Crippen molar-refractivity contribution in [3.8, 4) is 11.9 Å². The maximum Gasteiger partial charge on any atom is 0.313 e. The van der Waals surface area contributed by atoms with Crippen molar-refractivity contribution in [3.05, 3.63) is 58.0 Å². The Labute approximate surface area is 119 Å². The van der Waals surface area contributed by atoms with E-state index in [1.165, 1.54) is 12.3 Å². The van der Waals surface area contributed by atoms with Crippen LogP contribution in [0.4, 0.5) is 5.69 Å². The number of aromatic nitrogens is 3. The number of rotatable bonds is 2. The lowest BCUT2D eigenvalue weighted by atomic mass is 10.2. The van der Waals surface area contributed by atoms with E-state index < -0.39 is 4.92 Å². The fraction of sp³-hybridized carbons (Fsp3) is 0.0714. The van der Waals surface area contributed by atoms with Crippen LogP contribution in [0.2, 0.25) is 0 Å². The smallest absolute Gasteiger partial charge is 0.275 e. The standard InChI is InChI=1S/C14H9N5O2/c1-9-17-11-4-2-3-5-12(11)18(9)14-13(19(20)21)6-10(7-15)8-16-14/h2-6,8H,1H3. The highest BCUT2D eigenvalue weighted by Crippen LogP contribution is 2.27. The number of para-hydroxylation sites is 2. The lowest BCUT2D eigenvalue weighted by Gasteiger charge is -2.06. The van der Waals surface area contributed by atoms with Crippen molar-refractivity contribution in [2.75, 3.05) is 0 Å². The summed E-state index contributed by atoms with van der Waals surface area (Å²) < 4.78 is 1.62. The first kappa shape index (κ1) is 12.7. The molecule has 0 atom stereocenters. The highest BCUT2D eigenvalue weighted by Gasteiger charge is 2.21. The van der Waals surface area contributed by atoms with Gasteiger partial charge in [0.2, 0.25) is 5.82 Å². The van der Waals surface area contributed by atoms with Gasteiger partial charge in [0.25, 0.3) is 0 Å². The molecule has 3 aromatic rings. The summed E-state index contributed by atoms with van der Waals surface area (Å²) in [6.45, 7) is 1.75. The highest BCUT2D eigenvalue weighted by atomic mass is 16.6. The van der Waals surface area contributed by atoms with Crippen LogP contribution >= 0.6 is 0 Å². The molecule has 0 fully saturated rings. The Balaban J connectivity index is 2.36. The van der Waals surface area contributed by atoms with Crippen molar-refractivity contribution in [2.24, 2.45) is 0 Å². The molecule has 7 nitrogen and oxygen atoms in total. The average molecular weight is 279 g/mol. The van der Waals surface area contributed by atoms with Crippen molar-refractivity contribution in [1.82, 2.24) is 14.5 Å². The Morgan fingerprint density at radius 3 is 2.86 bits per heavy atom. The molecule has 0 saturated carbocycles. The van der Waals surface area contributed by atoms with Crippen molar-refractivity contribution >= 4 is 16.7 Å². The van der Waals surface area contributed by atoms with Gasteiger partial charge in [0.1, 0.15) is 11.9 Å². The third-order valence-electron chi connectivity index (χ3n) is 3.11. The van der Waals surface area contributed by atoms with E-state index in [0.717, 1.165) is 11.0 Å². The molecular weight excluding hydrogens is 270 g/mol. The summed E-state index contributed by atoms with van der Waals surface area (Å²) >= 11 is 0. The van der Waals surface area contributed by atoms with Crippen molar-refractivity contribution in [3.63, 3.8) is 0 Å². The van der Waals surface area contributed by atoms with E-state index in [-0.39, 0.29) is 17.1 Å². The Morgan fingerprint density at radius 1 is 1.38 bits per heavy atom. The fourth-order valence-electron chi connectivity index (χ4n) is 2.23. The molecule has 3 rings (SSSR count). The number of nitrogens with zero attached hydrogens (tertiary/aromatic N) is 5. The van der Waals surface area contributed by atoms with E-state index in [0.29, 0.717) is 5.82 Å². The summed E-state index contributed by atoms with van der Waals surface area (Å²) in [6, 6.07) is 10.4. The fourth-order valence-corrected chi connectivity index (χ4v) is 2.23. The molecule has 0 aliphatic heterocycles. The molecule has 0 saturated heterocycles. The number of pyridine rings is 1. The van der Waals surface area contributed by atoms with E-state index in [4.69, 9.17) is 5.26 Å². The second-order valence-corrected chi connectivity index (χ2v) is 4.42. The minimum Gasteiger partial charge on any atom is -0.275 e. The summed E-state index contributed by atoms with van der Waals surface area (Å²) in [5.74, 6) is 0.752. The first-order chi connectivity index (χ1) is 10.1. The number of hydrogen-bond donors (Lipinski definition) is 0. The van der Waals surface area contributed by atoms with Crippen LogP contribution in [0.5, 0.6) is 0 Å². The van der Waals surface area contributed by atoms with Crippen molar-refractivity contribution in [1.29, 1.82) is 5.26 Å². The second kappa shape index (κ2) is 4.68. The quantitative estimate of drug-likeness (QED) is 0.530. The van der Waals surface area contributed by atoms with E-state index in [2.05, 4.69) is 9.97 Å². The molecule has 0 radical (unpaired) electrons. The van der Waals surface area contributed by atoms with Crippen LogP contribution < -0.4 is 0 Å². The zero-order valence-corrected chi connectivity index (χ0v) is 11.0. The molecule has 2 aromatic heterocycles. The first-order valence-electron chi connectivity index (χ1n) is 6.11. The van der Waals surface area contributed by atoms with E-state index >= 15 is 0 Å². The summed E-state index contributed by atoms with van der Waals surface area (Å²) in [5, 5.41) is 20.1. The van der Waals surface area contributed by atoms with E-state index in [1.807, 2.05) is 30.3 Å².